The van der Waals surface area contributed by atoms with Gasteiger partial charge in [0.25, 0.3) is 0 Å². The molecular weight excluding hydrogens is 328 g/mol. The Bertz CT molecular complexity index is 542. The lowest BCUT2D eigenvalue weighted by atomic mass is 10.0. The first-order valence-electron chi connectivity index (χ1n) is 9.67. The van der Waals surface area contributed by atoms with Gasteiger partial charge in [-0.1, -0.05) is 31.0 Å². The average Bonchev–Trinajstić information content (AvgIpc) is 3.17. The number of amides is 1. The van der Waals surface area contributed by atoms with Gasteiger partial charge in [0.15, 0.2) is 5.96 Å². The molecule has 1 aliphatic rings. The molecule has 0 aromatic heterocycles. The van der Waals surface area contributed by atoms with Gasteiger partial charge in [0.1, 0.15) is 5.75 Å². The lowest BCUT2D eigenvalue weighted by molar-refractivity contribution is -0.121. The van der Waals surface area contributed by atoms with E-state index in [1.165, 1.54) is 25.7 Å². The molecule has 0 spiro atoms. The fourth-order valence-electron chi connectivity index (χ4n) is 3.14. The Morgan fingerprint density at radius 1 is 1.08 bits per heavy atom. The Morgan fingerprint density at radius 2 is 1.77 bits per heavy atom. The maximum Gasteiger partial charge on any atom is 0.220 e. The number of para-hydroxylation sites is 1. The summed E-state index contributed by atoms with van der Waals surface area (Å²) in [7, 11) is 1.74. The first kappa shape index (κ1) is 20.1. The number of ether oxygens (including phenoxy) is 1. The summed E-state index contributed by atoms with van der Waals surface area (Å²) < 4.78 is 5.65. The van der Waals surface area contributed by atoms with Crippen molar-refractivity contribution in [1.82, 2.24) is 16.0 Å². The fourth-order valence-corrected chi connectivity index (χ4v) is 3.14. The quantitative estimate of drug-likeness (QED) is 0.340. The number of nitrogens with zero attached hydrogens (tertiary/aromatic N) is 1. The third-order valence-electron chi connectivity index (χ3n) is 4.54. The molecule has 1 saturated carbocycles. The van der Waals surface area contributed by atoms with Crippen molar-refractivity contribution in [1.29, 1.82) is 0 Å². The minimum Gasteiger partial charge on any atom is -0.494 e. The SMILES string of the molecule is CN=C(NCCCOc1ccccc1)NCCNC(=O)CC1CCCC1. The number of hydrogen-bond donors (Lipinski definition) is 3. The van der Waals surface area contributed by atoms with Crippen molar-refractivity contribution in [2.45, 2.75) is 38.5 Å². The molecule has 1 aliphatic carbocycles. The van der Waals surface area contributed by atoms with Crippen LogP contribution in [0.3, 0.4) is 0 Å². The van der Waals surface area contributed by atoms with E-state index in [0.29, 0.717) is 32.0 Å². The van der Waals surface area contributed by atoms with E-state index in [9.17, 15) is 4.79 Å². The number of benzene rings is 1. The van der Waals surface area contributed by atoms with E-state index in [1.54, 1.807) is 7.05 Å². The summed E-state index contributed by atoms with van der Waals surface area (Å²) in [5.41, 5.74) is 0. The Kier molecular flexibility index (Phi) is 9.40. The molecule has 1 aromatic carbocycles. The Labute approximate surface area is 156 Å². The summed E-state index contributed by atoms with van der Waals surface area (Å²) in [5.74, 6) is 2.40. The minimum absolute atomic E-state index is 0.166. The molecule has 144 valence electrons. The standard InChI is InChI=1S/C20H32N4O2/c1-21-20(23-12-7-15-26-18-10-3-2-4-11-18)24-14-13-22-19(25)16-17-8-5-6-9-17/h2-4,10-11,17H,5-9,12-16H2,1H3,(H,22,25)(H2,21,23,24). The van der Waals surface area contributed by atoms with Gasteiger partial charge < -0.3 is 20.7 Å². The van der Waals surface area contributed by atoms with Gasteiger partial charge in [-0.15, -0.1) is 0 Å². The smallest absolute Gasteiger partial charge is 0.220 e. The predicted molar refractivity (Wildman–Crippen MR) is 106 cm³/mol. The second-order valence-corrected chi connectivity index (χ2v) is 6.65. The summed E-state index contributed by atoms with van der Waals surface area (Å²) in [4.78, 5) is 16.1. The van der Waals surface area contributed by atoms with Crippen LogP contribution in [0.4, 0.5) is 0 Å². The topological polar surface area (TPSA) is 74.8 Å². The largest absolute Gasteiger partial charge is 0.494 e. The number of rotatable bonds is 10. The van der Waals surface area contributed by atoms with Gasteiger partial charge in [0.2, 0.25) is 5.91 Å². The maximum atomic E-state index is 11.9. The number of hydrogen-bond acceptors (Lipinski definition) is 3. The second-order valence-electron chi connectivity index (χ2n) is 6.65. The van der Waals surface area contributed by atoms with Crippen LogP contribution in [0, 0.1) is 5.92 Å². The second kappa shape index (κ2) is 12.2. The minimum atomic E-state index is 0.166. The first-order chi connectivity index (χ1) is 12.8. The van der Waals surface area contributed by atoms with E-state index < -0.39 is 0 Å². The summed E-state index contributed by atoms with van der Waals surface area (Å²) in [6.07, 6.45) is 6.52. The van der Waals surface area contributed by atoms with Crippen molar-refractivity contribution >= 4 is 11.9 Å². The van der Waals surface area contributed by atoms with Crippen LogP contribution < -0.4 is 20.7 Å². The van der Waals surface area contributed by atoms with Crippen molar-refractivity contribution in [3.8, 4) is 5.75 Å². The molecule has 1 aromatic rings. The van der Waals surface area contributed by atoms with Gasteiger partial charge in [0, 0.05) is 33.1 Å². The molecule has 0 unspecified atom stereocenters. The van der Waals surface area contributed by atoms with Crippen LogP contribution in [0.15, 0.2) is 35.3 Å². The molecule has 0 bridgehead atoms. The molecule has 0 atom stereocenters. The molecule has 0 radical (unpaired) electrons. The number of aliphatic imine (C=N–C) groups is 1. The zero-order chi connectivity index (χ0) is 18.5. The van der Waals surface area contributed by atoms with Crippen LogP contribution in [0.2, 0.25) is 0 Å². The van der Waals surface area contributed by atoms with Crippen molar-refractivity contribution in [3.05, 3.63) is 30.3 Å². The van der Waals surface area contributed by atoms with E-state index in [4.69, 9.17) is 4.74 Å². The molecule has 6 nitrogen and oxygen atoms in total. The molecule has 0 aliphatic heterocycles. The third-order valence-corrected chi connectivity index (χ3v) is 4.54. The molecule has 2 rings (SSSR count). The average molecular weight is 361 g/mol. The third kappa shape index (κ3) is 8.23. The molecule has 26 heavy (non-hydrogen) atoms. The summed E-state index contributed by atoms with van der Waals surface area (Å²) >= 11 is 0. The van der Waals surface area contributed by atoms with E-state index in [1.807, 2.05) is 30.3 Å². The molecule has 1 amide bonds. The lowest BCUT2D eigenvalue weighted by Gasteiger charge is -2.13. The maximum absolute atomic E-state index is 11.9. The van der Waals surface area contributed by atoms with Gasteiger partial charge in [0.05, 0.1) is 6.61 Å². The highest BCUT2D eigenvalue weighted by Gasteiger charge is 2.17. The highest BCUT2D eigenvalue weighted by atomic mass is 16.5. The van der Waals surface area contributed by atoms with E-state index in [2.05, 4.69) is 20.9 Å². The highest BCUT2D eigenvalue weighted by Crippen LogP contribution is 2.27. The van der Waals surface area contributed by atoms with E-state index >= 15 is 0 Å². The van der Waals surface area contributed by atoms with Crippen LogP contribution in [0.25, 0.3) is 0 Å². The van der Waals surface area contributed by atoms with E-state index in [-0.39, 0.29) is 5.91 Å². The molecule has 0 heterocycles. The summed E-state index contributed by atoms with van der Waals surface area (Å²) in [6, 6.07) is 9.81. The number of guanidine groups is 1. The highest BCUT2D eigenvalue weighted by molar-refractivity contribution is 5.79. The van der Waals surface area contributed by atoms with Gasteiger partial charge in [-0.3, -0.25) is 9.79 Å². The lowest BCUT2D eigenvalue weighted by Crippen LogP contribution is -2.42. The van der Waals surface area contributed by atoms with Crippen molar-refractivity contribution in [2.75, 3.05) is 33.3 Å². The van der Waals surface area contributed by atoms with Crippen LogP contribution in [-0.4, -0.2) is 45.2 Å². The van der Waals surface area contributed by atoms with Gasteiger partial charge >= 0.3 is 0 Å². The molecule has 6 heteroatoms. The van der Waals surface area contributed by atoms with Crippen molar-refractivity contribution < 1.29 is 9.53 Å². The molecule has 3 N–H and O–H groups in total. The first-order valence-corrected chi connectivity index (χ1v) is 9.67. The van der Waals surface area contributed by atoms with Crippen LogP contribution >= 0.6 is 0 Å². The zero-order valence-electron chi connectivity index (χ0n) is 15.8. The molecule has 1 fully saturated rings. The normalized spacial score (nSPS) is 14.9. The summed E-state index contributed by atoms with van der Waals surface area (Å²) in [5, 5.41) is 9.44. The van der Waals surface area contributed by atoms with Crippen molar-refractivity contribution in [2.24, 2.45) is 10.9 Å². The van der Waals surface area contributed by atoms with Crippen molar-refractivity contribution in [3.63, 3.8) is 0 Å². The number of carbonyl (C=O) groups is 1. The molecule has 0 saturated heterocycles. The Hall–Kier alpha value is -2.24. The Morgan fingerprint density at radius 3 is 2.50 bits per heavy atom. The van der Waals surface area contributed by atoms with Gasteiger partial charge in [-0.2, -0.15) is 0 Å². The monoisotopic (exact) mass is 360 g/mol. The van der Waals surface area contributed by atoms with Crippen LogP contribution in [0.1, 0.15) is 38.5 Å². The van der Waals surface area contributed by atoms with Gasteiger partial charge in [-0.05, 0) is 37.3 Å². The number of carbonyl (C=O) groups excluding carboxylic acids is 1. The predicted octanol–water partition coefficient (Wildman–Crippen LogP) is 2.32. The summed E-state index contributed by atoms with van der Waals surface area (Å²) in [6.45, 7) is 2.71. The van der Waals surface area contributed by atoms with Gasteiger partial charge in [-0.25, -0.2) is 0 Å². The van der Waals surface area contributed by atoms with E-state index in [0.717, 1.165) is 24.7 Å². The number of nitrogens with one attached hydrogen (secondary N) is 3. The Balaban J connectivity index is 1.47. The molecular formula is C20H32N4O2. The fraction of sp³-hybridized carbons (Fsp3) is 0.600. The van der Waals surface area contributed by atoms with Crippen LogP contribution in [0.5, 0.6) is 5.75 Å². The van der Waals surface area contributed by atoms with Crippen LogP contribution in [-0.2, 0) is 4.79 Å². The zero-order valence-corrected chi connectivity index (χ0v) is 15.8.